The average Bonchev–Trinajstić information content (AvgIpc) is 3.08. The molecule has 2 heterocycles. The van der Waals surface area contributed by atoms with Crippen molar-refractivity contribution < 1.29 is 0 Å². The molecule has 2 aliphatic rings. The lowest BCUT2D eigenvalue weighted by atomic mass is 10.00. The maximum Gasteiger partial charge on any atom is 0.191 e. The zero-order valence-corrected chi connectivity index (χ0v) is 16.5. The summed E-state index contributed by atoms with van der Waals surface area (Å²) in [5, 5.41) is 6.98. The van der Waals surface area contributed by atoms with E-state index >= 15 is 0 Å². The summed E-state index contributed by atoms with van der Waals surface area (Å²) in [7, 11) is 1.86. The SMILES string of the molecule is CN=C(NCCCN1CCc2ccccc2C1)NCC1(C)CCCS1. The summed E-state index contributed by atoms with van der Waals surface area (Å²) < 4.78 is 0.374. The molecule has 138 valence electrons. The van der Waals surface area contributed by atoms with Crippen LogP contribution in [0.5, 0.6) is 0 Å². The van der Waals surface area contributed by atoms with Crippen molar-refractivity contribution in [2.45, 2.75) is 43.9 Å². The van der Waals surface area contributed by atoms with Gasteiger partial charge in [-0.1, -0.05) is 24.3 Å². The number of aliphatic imine (C=N–C) groups is 1. The number of rotatable bonds is 6. The number of hydrogen-bond acceptors (Lipinski definition) is 3. The average molecular weight is 361 g/mol. The second-order valence-corrected chi connectivity index (χ2v) is 9.09. The van der Waals surface area contributed by atoms with E-state index in [2.05, 4.69) is 63.5 Å². The highest BCUT2D eigenvalue weighted by Crippen LogP contribution is 2.36. The molecule has 1 fully saturated rings. The van der Waals surface area contributed by atoms with E-state index in [0.29, 0.717) is 4.75 Å². The zero-order chi connectivity index (χ0) is 17.5. The highest BCUT2D eigenvalue weighted by molar-refractivity contribution is 8.00. The van der Waals surface area contributed by atoms with Gasteiger partial charge in [-0.25, -0.2) is 0 Å². The molecule has 2 aliphatic heterocycles. The Hall–Kier alpha value is -1.20. The number of guanidine groups is 1. The summed E-state index contributed by atoms with van der Waals surface area (Å²) in [5.74, 6) is 2.24. The van der Waals surface area contributed by atoms with Crippen molar-refractivity contribution >= 4 is 17.7 Å². The first kappa shape index (κ1) is 18.6. The van der Waals surface area contributed by atoms with Crippen LogP contribution in [0.1, 0.15) is 37.3 Å². The molecule has 0 radical (unpaired) electrons. The van der Waals surface area contributed by atoms with Crippen molar-refractivity contribution in [2.24, 2.45) is 4.99 Å². The molecule has 2 N–H and O–H groups in total. The van der Waals surface area contributed by atoms with Gasteiger partial charge >= 0.3 is 0 Å². The quantitative estimate of drug-likeness (QED) is 0.465. The van der Waals surface area contributed by atoms with Crippen LogP contribution in [-0.4, -0.2) is 54.6 Å². The maximum atomic E-state index is 4.37. The predicted octanol–water partition coefficient (Wildman–Crippen LogP) is 2.89. The Morgan fingerprint density at radius 1 is 1.28 bits per heavy atom. The van der Waals surface area contributed by atoms with Crippen LogP contribution in [0.2, 0.25) is 0 Å². The van der Waals surface area contributed by atoms with Gasteiger partial charge in [0, 0.05) is 44.5 Å². The van der Waals surface area contributed by atoms with E-state index < -0.39 is 0 Å². The number of thioether (sulfide) groups is 1. The van der Waals surface area contributed by atoms with Crippen LogP contribution < -0.4 is 10.6 Å². The first-order valence-electron chi connectivity index (χ1n) is 9.56. The fourth-order valence-electron chi connectivity index (χ4n) is 3.72. The van der Waals surface area contributed by atoms with Crippen LogP contribution in [0.25, 0.3) is 0 Å². The third-order valence-electron chi connectivity index (χ3n) is 5.31. The Morgan fingerprint density at radius 2 is 2.12 bits per heavy atom. The van der Waals surface area contributed by atoms with Gasteiger partial charge in [-0.2, -0.15) is 11.8 Å². The van der Waals surface area contributed by atoms with Crippen molar-refractivity contribution in [3.05, 3.63) is 35.4 Å². The monoisotopic (exact) mass is 360 g/mol. The minimum atomic E-state index is 0.374. The van der Waals surface area contributed by atoms with Crippen LogP contribution in [-0.2, 0) is 13.0 Å². The fourth-order valence-corrected chi connectivity index (χ4v) is 4.97. The van der Waals surface area contributed by atoms with Gasteiger partial charge in [-0.05, 0) is 49.5 Å². The second kappa shape index (κ2) is 8.95. The van der Waals surface area contributed by atoms with E-state index in [0.717, 1.165) is 38.6 Å². The van der Waals surface area contributed by atoms with Crippen molar-refractivity contribution in [3.63, 3.8) is 0 Å². The molecular formula is C20H32N4S. The van der Waals surface area contributed by atoms with E-state index in [1.54, 1.807) is 0 Å². The molecule has 0 aromatic heterocycles. The largest absolute Gasteiger partial charge is 0.356 e. The molecular weight excluding hydrogens is 328 g/mol. The van der Waals surface area contributed by atoms with Crippen molar-refractivity contribution in [2.75, 3.05) is 39.0 Å². The standard InChI is InChI=1S/C20H32N4S/c1-20(10-5-14-25-20)16-23-19(21-2)22-11-6-12-24-13-9-17-7-3-4-8-18(17)15-24/h3-4,7-8H,5-6,9-16H2,1-2H3,(H2,21,22,23). The Morgan fingerprint density at radius 3 is 2.88 bits per heavy atom. The molecule has 0 amide bonds. The summed E-state index contributed by atoms with van der Waals surface area (Å²) in [5.41, 5.74) is 3.03. The van der Waals surface area contributed by atoms with Crippen LogP contribution in [0.3, 0.4) is 0 Å². The third kappa shape index (κ3) is 5.38. The predicted molar refractivity (Wildman–Crippen MR) is 110 cm³/mol. The van der Waals surface area contributed by atoms with Gasteiger partial charge in [0.1, 0.15) is 0 Å². The number of nitrogens with one attached hydrogen (secondary N) is 2. The lowest BCUT2D eigenvalue weighted by molar-refractivity contribution is 0.251. The molecule has 3 rings (SSSR count). The van der Waals surface area contributed by atoms with Gasteiger partial charge in [0.15, 0.2) is 5.96 Å². The topological polar surface area (TPSA) is 39.7 Å². The van der Waals surface area contributed by atoms with Gasteiger partial charge in [0.2, 0.25) is 0 Å². The third-order valence-corrected chi connectivity index (χ3v) is 6.85. The highest BCUT2D eigenvalue weighted by Gasteiger charge is 2.29. The van der Waals surface area contributed by atoms with Gasteiger partial charge in [-0.15, -0.1) is 0 Å². The minimum Gasteiger partial charge on any atom is -0.356 e. The Labute approximate surface area is 156 Å². The van der Waals surface area contributed by atoms with E-state index in [-0.39, 0.29) is 0 Å². The molecule has 0 aliphatic carbocycles. The minimum absolute atomic E-state index is 0.374. The molecule has 5 heteroatoms. The normalized spacial score (nSPS) is 24.2. The number of nitrogens with zero attached hydrogens (tertiary/aromatic N) is 2. The molecule has 1 atom stereocenters. The van der Waals surface area contributed by atoms with E-state index in [1.807, 2.05) is 7.05 Å². The Balaban J connectivity index is 1.33. The van der Waals surface area contributed by atoms with Crippen LogP contribution in [0.15, 0.2) is 29.3 Å². The highest BCUT2D eigenvalue weighted by atomic mass is 32.2. The van der Waals surface area contributed by atoms with Gasteiger partial charge < -0.3 is 10.6 Å². The van der Waals surface area contributed by atoms with E-state index in [1.165, 1.54) is 42.7 Å². The molecule has 1 unspecified atom stereocenters. The van der Waals surface area contributed by atoms with E-state index in [4.69, 9.17) is 0 Å². The number of hydrogen-bond donors (Lipinski definition) is 2. The fraction of sp³-hybridized carbons (Fsp3) is 0.650. The van der Waals surface area contributed by atoms with Gasteiger partial charge in [0.25, 0.3) is 0 Å². The lowest BCUT2D eigenvalue weighted by Crippen LogP contribution is -2.44. The molecule has 25 heavy (non-hydrogen) atoms. The smallest absolute Gasteiger partial charge is 0.191 e. The number of fused-ring (bicyclic) bond motifs is 1. The summed E-state index contributed by atoms with van der Waals surface area (Å²) in [6.07, 6.45) is 4.98. The summed E-state index contributed by atoms with van der Waals surface area (Å²) in [4.78, 5) is 6.93. The maximum absolute atomic E-state index is 4.37. The van der Waals surface area contributed by atoms with Crippen molar-refractivity contribution in [1.29, 1.82) is 0 Å². The molecule has 1 saturated heterocycles. The summed E-state index contributed by atoms with van der Waals surface area (Å²) in [6.45, 7) is 7.76. The summed E-state index contributed by atoms with van der Waals surface area (Å²) >= 11 is 2.09. The van der Waals surface area contributed by atoms with Crippen LogP contribution >= 0.6 is 11.8 Å². The van der Waals surface area contributed by atoms with E-state index in [9.17, 15) is 0 Å². The van der Waals surface area contributed by atoms with Crippen LogP contribution in [0, 0.1) is 0 Å². The zero-order valence-electron chi connectivity index (χ0n) is 15.7. The summed E-state index contributed by atoms with van der Waals surface area (Å²) in [6, 6.07) is 8.85. The van der Waals surface area contributed by atoms with Gasteiger partial charge in [-0.3, -0.25) is 9.89 Å². The van der Waals surface area contributed by atoms with Crippen LogP contribution in [0.4, 0.5) is 0 Å². The molecule has 1 aromatic carbocycles. The van der Waals surface area contributed by atoms with Gasteiger partial charge in [0.05, 0.1) is 0 Å². The molecule has 4 nitrogen and oxygen atoms in total. The molecule has 0 bridgehead atoms. The van der Waals surface area contributed by atoms with Crippen molar-refractivity contribution in [3.8, 4) is 0 Å². The molecule has 1 aromatic rings. The Kier molecular flexibility index (Phi) is 6.65. The Bertz CT molecular complexity index is 581. The molecule has 0 spiro atoms. The second-order valence-electron chi connectivity index (χ2n) is 7.40. The lowest BCUT2D eigenvalue weighted by Gasteiger charge is -2.28. The first-order chi connectivity index (χ1) is 12.2. The van der Waals surface area contributed by atoms with Crippen molar-refractivity contribution in [1.82, 2.24) is 15.5 Å². The molecule has 0 saturated carbocycles. The number of benzene rings is 1. The first-order valence-corrected chi connectivity index (χ1v) is 10.5.